The maximum absolute atomic E-state index is 6.08. The van der Waals surface area contributed by atoms with Gasteiger partial charge in [-0.3, -0.25) is 0 Å². The molecule has 2 rings (SSSR count). The number of benzene rings is 2. The minimum absolute atomic E-state index is 0.743. The number of hydrogen-bond donors (Lipinski definition) is 0. The van der Waals surface area contributed by atoms with Crippen molar-refractivity contribution >= 4 is 31.7 Å². The van der Waals surface area contributed by atoms with Crippen LogP contribution in [0.3, 0.4) is 0 Å². The van der Waals surface area contributed by atoms with Crippen LogP contribution < -0.4 is 5.19 Å². The molecule has 0 amide bonds. The Morgan fingerprint density at radius 1 is 0.882 bits per heavy atom. The third-order valence-corrected chi connectivity index (χ3v) is 5.94. The first-order chi connectivity index (χ1) is 8.40. The molecular formula is C15H15ClSi. The van der Waals surface area contributed by atoms with Crippen molar-refractivity contribution < 1.29 is 0 Å². The highest BCUT2D eigenvalue weighted by molar-refractivity contribution is 6.83. The minimum atomic E-state index is -1.16. The van der Waals surface area contributed by atoms with Gasteiger partial charge in [-0.05, 0) is 5.56 Å². The minimum Gasteiger partial charge on any atom is -0.130 e. The summed E-state index contributed by atoms with van der Waals surface area (Å²) in [5.74, 6) is 0. The molecule has 2 heteroatoms. The van der Waals surface area contributed by atoms with Crippen molar-refractivity contribution in [3.63, 3.8) is 0 Å². The monoisotopic (exact) mass is 258 g/mol. The molecule has 2 aromatic carbocycles. The summed E-state index contributed by atoms with van der Waals surface area (Å²) in [6.45, 7) is 0. The highest BCUT2D eigenvalue weighted by Gasteiger charge is 2.07. The highest BCUT2D eigenvalue weighted by atomic mass is 35.5. The molecule has 1 atom stereocenters. The second-order valence-corrected chi connectivity index (χ2v) is 7.44. The lowest BCUT2D eigenvalue weighted by molar-refractivity contribution is 1.66. The van der Waals surface area contributed by atoms with Crippen LogP contribution in [0.4, 0.5) is 0 Å². The molecule has 0 aliphatic heterocycles. The van der Waals surface area contributed by atoms with Gasteiger partial charge in [-0.1, -0.05) is 77.6 Å². The van der Waals surface area contributed by atoms with E-state index in [1.54, 1.807) is 0 Å². The van der Waals surface area contributed by atoms with Crippen molar-refractivity contribution in [2.45, 2.75) is 0 Å². The standard InChI is InChI=1S/C15H15ClSi/c16-13-17(15-9-5-2-6-10-15)12-11-14-7-3-1-4-8-14/h1-12,17H,13H2. The maximum atomic E-state index is 6.08. The van der Waals surface area contributed by atoms with Gasteiger partial charge in [0, 0.05) is 5.50 Å². The predicted octanol–water partition coefficient (Wildman–Crippen LogP) is 3.15. The fraction of sp³-hybridized carbons (Fsp3) is 0.0667. The third kappa shape index (κ3) is 3.58. The van der Waals surface area contributed by atoms with Crippen molar-refractivity contribution in [2.24, 2.45) is 0 Å². The molecule has 1 unspecified atom stereocenters. The highest BCUT2D eigenvalue weighted by Crippen LogP contribution is 2.03. The van der Waals surface area contributed by atoms with Gasteiger partial charge >= 0.3 is 0 Å². The normalized spacial score (nSPS) is 12.8. The third-order valence-electron chi connectivity index (χ3n) is 2.71. The number of hydrogen-bond acceptors (Lipinski definition) is 0. The van der Waals surface area contributed by atoms with Gasteiger partial charge in [0.15, 0.2) is 0 Å². The second-order valence-electron chi connectivity index (χ2n) is 3.94. The smallest absolute Gasteiger partial charge is 0.109 e. The Hall–Kier alpha value is -1.31. The summed E-state index contributed by atoms with van der Waals surface area (Å²) in [6, 6.07) is 20.9. The Kier molecular flexibility index (Phi) is 4.60. The summed E-state index contributed by atoms with van der Waals surface area (Å²) in [6.07, 6.45) is 2.19. The largest absolute Gasteiger partial charge is 0.130 e. The van der Waals surface area contributed by atoms with Gasteiger partial charge < -0.3 is 0 Å². The van der Waals surface area contributed by atoms with Crippen LogP contribution in [0.15, 0.2) is 66.4 Å². The van der Waals surface area contributed by atoms with Gasteiger partial charge in [0.1, 0.15) is 8.80 Å². The molecule has 0 fully saturated rings. The first-order valence-corrected chi connectivity index (χ1v) is 8.34. The second kappa shape index (κ2) is 6.43. The van der Waals surface area contributed by atoms with Gasteiger partial charge in [-0.15, -0.1) is 11.6 Å². The van der Waals surface area contributed by atoms with E-state index >= 15 is 0 Å². The van der Waals surface area contributed by atoms with Crippen LogP contribution in [-0.2, 0) is 0 Å². The molecule has 0 N–H and O–H groups in total. The lowest BCUT2D eigenvalue weighted by Crippen LogP contribution is -2.30. The van der Waals surface area contributed by atoms with E-state index in [1.165, 1.54) is 10.8 Å². The fourth-order valence-electron chi connectivity index (χ4n) is 1.74. The predicted molar refractivity (Wildman–Crippen MR) is 79.4 cm³/mol. The first kappa shape index (κ1) is 12.2. The fourth-order valence-corrected chi connectivity index (χ4v) is 4.26. The van der Waals surface area contributed by atoms with Gasteiger partial charge in [0.2, 0.25) is 0 Å². The van der Waals surface area contributed by atoms with E-state index < -0.39 is 8.80 Å². The molecule has 0 nitrogen and oxygen atoms in total. The average molecular weight is 259 g/mol. The quantitative estimate of drug-likeness (QED) is 0.584. The van der Waals surface area contributed by atoms with E-state index in [-0.39, 0.29) is 0 Å². The molecule has 0 heterocycles. The number of alkyl halides is 1. The summed E-state index contributed by atoms with van der Waals surface area (Å²) in [4.78, 5) is 0. The van der Waals surface area contributed by atoms with Crippen molar-refractivity contribution in [1.29, 1.82) is 0 Å². The topological polar surface area (TPSA) is 0 Å². The molecule has 0 aromatic heterocycles. The molecule has 0 saturated heterocycles. The molecule has 17 heavy (non-hydrogen) atoms. The van der Waals surface area contributed by atoms with Crippen LogP contribution >= 0.6 is 11.6 Å². The van der Waals surface area contributed by atoms with E-state index in [0.29, 0.717) is 0 Å². The van der Waals surface area contributed by atoms with Crippen LogP contribution in [0.2, 0.25) is 0 Å². The summed E-state index contributed by atoms with van der Waals surface area (Å²) in [5.41, 5.74) is 4.29. The van der Waals surface area contributed by atoms with Gasteiger partial charge in [-0.2, -0.15) is 0 Å². The van der Waals surface area contributed by atoms with Crippen LogP contribution in [0.1, 0.15) is 5.56 Å². The zero-order valence-corrected chi connectivity index (χ0v) is 11.5. The molecular weight excluding hydrogens is 244 g/mol. The Balaban J connectivity index is 2.14. The van der Waals surface area contributed by atoms with Crippen molar-refractivity contribution in [3.05, 3.63) is 71.9 Å². The Labute approximate surface area is 109 Å². The van der Waals surface area contributed by atoms with Crippen LogP contribution in [0, 0.1) is 0 Å². The maximum Gasteiger partial charge on any atom is 0.109 e. The SMILES string of the molecule is ClC[SiH](C=Cc1ccccc1)c1ccccc1. The molecule has 0 radical (unpaired) electrons. The molecule has 0 spiro atoms. The Morgan fingerprint density at radius 2 is 1.47 bits per heavy atom. The van der Waals surface area contributed by atoms with Gasteiger partial charge in [0.05, 0.1) is 0 Å². The van der Waals surface area contributed by atoms with Gasteiger partial charge in [0.25, 0.3) is 0 Å². The molecule has 0 saturated carbocycles. The van der Waals surface area contributed by atoms with E-state index in [2.05, 4.69) is 60.3 Å². The van der Waals surface area contributed by atoms with Crippen LogP contribution in [0.5, 0.6) is 0 Å². The van der Waals surface area contributed by atoms with Crippen LogP contribution in [0.25, 0.3) is 6.08 Å². The average Bonchev–Trinajstić information content (AvgIpc) is 2.42. The summed E-state index contributed by atoms with van der Waals surface area (Å²) < 4.78 is 0. The van der Waals surface area contributed by atoms with Crippen molar-refractivity contribution in [1.82, 2.24) is 0 Å². The summed E-state index contributed by atoms with van der Waals surface area (Å²) in [5, 5.41) is 1.40. The van der Waals surface area contributed by atoms with E-state index in [1.807, 2.05) is 12.1 Å². The lowest BCUT2D eigenvalue weighted by atomic mass is 10.2. The molecule has 0 bridgehead atoms. The van der Waals surface area contributed by atoms with E-state index in [0.717, 1.165) is 5.50 Å². The van der Waals surface area contributed by atoms with Crippen molar-refractivity contribution in [3.8, 4) is 0 Å². The molecule has 2 aromatic rings. The number of halogens is 1. The van der Waals surface area contributed by atoms with Crippen LogP contribution in [-0.4, -0.2) is 14.3 Å². The Bertz CT molecular complexity index is 465. The van der Waals surface area contributed by atoms with Gasteiger partial charge in [-0.25, -0.2) is 0 Å². The summed E-state index contributed by atoms with van der Waals surface area (Å²) in [7, 11) is -1.16. The molecule has 86 valence electrons. The number of rotatable bonds is 4. The summed E-state index contributed by atoms with van der Waals surface area (Å²) >= 11 is 6.08. The molecule has 0 aliphatic carbocycles. The lowest BCUT2D eigenvalue weighted by Gasteiger charge is -2.07. The van der Waals surface area contributed by atoms with Crippen molar-refractivity contribution in [2.75, 3.05) is 5.50 Å². The molecule has 0 aliphatic rings. The zero-order valence-electron chi connectivity index (χ0n) is 9.59. The van der Waals surface area contributed by atoms with E-state index in [9.17, 15) is 0 Å². The Morgan fingerprint density at radius 3 is 2.06 bits per heavy atom. The zero-order chi connectivity index (χ0) is 11.9. The van der Waals surface area contributed by atoms with E-state index in [4.69, 9.17) is 11.6 Å². The first-order valence-electron chi connectivity index (χ1n) is 5.74.